The van der Waals surface area contributed by atoms with Crippen molar-refractivity contribution in [3.63, 3.8) is 0 Å². The van der Waals surface area contributed by atoms with Crippen LogP contribution in [0.5, 0.6) is 0 Å². The first kappa shape index (κ1) is 15.0. The third-order valence-electron chi connectivity index (χ3n) is 3.98. The van der Waals surface area contributed by atoms with Gasteiger partial charge in [0.05, 0.1) is 19.6 Å². The molecular formula is C16H23NO3. The van der Waals surface area contributed by atoms with E-state index in [0.29, 0.717) is 18.6 Å². The molecule has 0 saturated heterocycles. The molecule has 0 aliphatic heterocycles. The number of rotatable bonds is 6. The molecular weight excluding hydrogens is 254 g/mol. The van der Waals surface area contributed by atoms with E-state index in [4.69, 9.17) is 9.47 Å². The molecule has 4 heteroatoms. The van der Waals surface area contributed by atoms with Crippen LogP contribution in [-0.2, 0) is 27.2 Å². The van der Waals surface area contributed by atoms with Crippen LogP contribution in [0.15, 0.2) is 24.3 Å². The number of hydrogen-bond acceptors (Lipinski definition) is 4. The molecule has 0 spiro atoms. The molecule has 0 amide bonds. The SMILES string of the molecule is COC(=O)Cc1ccccc1CNC1CCC(OC)C1. The number of esters is 1. The van der Waals surface area contributed by atoms with Gasteiger partial charge in [-0.05, 0) is 30.4 Å². The molecule has 0 bridgehead atoms. The summed E-state index contributed by atoms with van der Waals surface area (Å²) in [4.78, 5) is 11.4. The van der Waals surface area contributed by atoms with Gasteiger partial charge in [-0.2, -0.15) is 0 Å². The minimum atomic E-state index is -0.197. The summed E-state index contributed by atoms with van der Waals surface area (Å²) >= 11 is 0. The van der Waals surface area contributed by atoms with Crippen molar-refractivity contribution in [3.8, 4) is 0 Å². The zero-order valence-corrected chi connectivity index (χ0v) is 12.2. The van der Waals surface area contributed by atoms with Crippen LogP contribution >= 0.6 is 0 Å². The average Bonchev–Trinajstić information content (AvgIpc) is 2.94. The normalized spacial score (nSPS) is 21.9. The van der Waals surface area contributed by atoms with Gasteiger partial charge in [-0.1, -0.05) is 24.3 Å². The predicted molar refractivity (Wildman–Crippen MR) is 77.4 cm³/mol. The summed E-state index contributed by atoms with van der Waals surface area (Å²) in [6.45, 7) is 0.786. The van der Waals surface area contributed by atoms with E-state index < -0.39 is 0 Å². The van der Waals surface area contributed by atoms with Crippen molar-refractivity contribution in [1.82, 2.24) is 5.32 Å². The largest absolute Gasteiger partial charge is 0.469 e. The molecule has 1 saturated carbocycles. The maximum absolute atomic E-state index is 11.4. The number of nitrogens with one attached hydrogen (secondary N) is 1. The van der Waals surface area contributed by atoms with E-state index in [1.165, 1.54) is 12.7 Å². The van der Waals surface area contributed by atoms with Crippen LogP contribution in [0.3, 0.4) is 0 Å². The number of benzene rings is 1. The van der Waals surface area contributed by atoms with Crippen molar-refractivity contribution >= 4 is 5.97 Å². The molecule has 4 nitrogen and oxygen atoms in total. The zero-order chi connectivity index (χ0) is 14.4. The Balaban J connectivity index is 1.91. The number of ether oxygens (including phenoxy) is 2. The maximum Gasteiger partial charge on any atom is 0.309 e. The fourth-order valence-corrected chi connectivity index (χ4v) is 2.72. The molecule has 2 unspecified atom stereocenters. The average molecular weight is 277 g/mol. The van der Waals surface area contributed by atoms with Gasteiger partial charge in [-0.15, -0.1) is 0 Å². The number of hydrogen-bond donors (Lipinski definition) is 1. The smallest absolute Gasteiger partial charge is 0.309 e. The van der Waals surface area contributed by atoms with Crippen molar-refractivity contribution in [2.24, 2.45) is 0 Å². The summed E-state index contributed by atoms with van der Waals surface area (Å²) < 4.78 is 10.1. The van der Waals surface area contributed by atoms with E-state index in [1.54, 1.807) is 7.11 Å². The van der Waals surface area contributed by atoms with Crippen LogP contribution < -0.4 is 5.32 Å². The standard InChI is InChI=1S/C16H23NO3/c1-19-15-8-7-14(10-15)17-11-13-6-4-3-5-12(13)9-16(18)20-2/h3-6,14-15,17H,7-11H2,1-2H3. The highest BCUT2D eigenvalue weighted by molar-refractivity contribution is 5.72. The van der Waals surface area contributed by atoms with Crippen molar-refractivity contribution in [2.75, 3.05) is 14.2 Å². The summed E-state index contributed by atoms with van der Waals surface area (Å²) in [5, 5.41) is 3.56. The van der Waals surface area contributed by atoms with E-state index in [1.807, 2.05) is 18.2 Å². The lowest BCUT2D eigenvalue weighted by Gasteiger charge is -2.15. The highest BCUT2D eigenvalue weighted by atomic mass is 16.5. The molecule has 0 aromatic heterocycles. The second-order valence-corrected chi connectivity index (χ2v) is 5.27. The maximum atomic E-state index is 11.4. The molecule has 1 aliphatic carbocycles. The van der Waals surface area contributed by atoms with Gasteiger partial charge in [0, 0.05) is 19.7 Å². The molecule has 0 radical (unpaired) electrons. The Bertz CT molecular complexity index is 447. The van der Waals surface area contributed by atoms with E-state index >= 15 is 0 Å². The first-order valence-electron chi connectivity index (χ1n) is 7.12. The minimum Gasteiger partial charge on any atom is -0.469 e. The lowest BCUT2D eigenvalue weighted by Crippen LogP contribution is -2.27. The van der Waals surface area contributed by atoms with Gasteiger partial charge in [-0.25, -0.2) is 0 Å². The predicted octanol–water partition coefficient (Wildman–Crippen LogP) is 2.06. The van der Waals surface area contributed by atoms with Gasteiger partial charge in [0.1, 0.15) is 0 Å². The molecule has 20 heavy (non-hydrogen) atoms. The number of methoxy groups -OCH3 is 2. The summed E-state index contributed by atoms with van der Waals surface area (Å²) in [5.41, 5.74) is 2.20. The number of carbonyl (C=O) groups is 1. The quantitative estimate of drug-likeness (QED) is 0.809. The molecule has 2 rings (SSSR count). The van der Waals surface area contributed by atoms with Crippen molar-refractivity contribution in [1.29, 1.82) is 0 Å². The number of carbonyl (C=O) groups excluding carboxylic acids is 1. The summed E-state index contributed by atoms with van der Waals surface area (Å²) in [5.74, 6) is -0.197. The Morgan fingerprint density at radius 1 is 1.25 bits per heavy atom. The van der Waals surface area contributed by atoms with Crippen LogP contribution in [0.2, 0.25) is 0 Å². The third-order valence-corrected chi connectivity index (χ3v) is 3.98. The van der Waals surface area contributed by atoms with E-state index in [0.717, 1.165) is 31.4 Å². The second-order valence-electron chi connectivity index (χ2n) is 5.27. The lowest BCUT2D eigenvalue weighted by atomic mass is 10.0. The van der Waals surface area contributed by atoms with Gasteiger partial charge in [0.15, 0.2) is 0 Å². The summed E-state index contributed by atoms with van der Waals surface area (Å²) in [7, 11) is 3.20. The summed E-state index contributed by atoms with van der Waals surface area (Å²) in [6, 6.07) is 8.52. The van der Waals surface area contributed by atoms with E-state index in [-0.39, 0.29) is 5.97 Å². The van der Waals surface area contributed by atoms with Crippen LogP contribution in [0, 0.1) is 0 Å². The summed E-state index contributed by atoms with van der Waals surface area (Å²) in [6.07, 6.45) is 4.06. The fraction of sp³-hybridized carbons (Fsp3) is 0.562. The molecule has 1 fully saturated rings. The zero-order valence-electron chi connectivity index (χ0n) is 12.2. The topological polar surface area (TPSA) is 47.6 Å². The third kappa shape index (κ3) is 4.05. The monoisotopic (exact) mass is 277 g/mol. The highest BCUT2D eigenvalue weighted by Crippen LogP contribution is 2.22. The first-order valence-corrected chi connectivity index (χ1v) is 7.12. The van der Waals surface area contributed by atoms with Crippen LogP contribution in [0.25, 0.3) is 0 Å². The Kier molecular flexibility index (Phi) is 5.56. The van der Waals surface area contributed by atoms with Gasteiger partial charge in [0.25, 0.3) is 0 Å². The van der Waals surface area contributed by atoms with Gasteiger partial charge in [-0.3, -0.25) is 4.79 Å². The molecule has 1 aliphatic rings. The van der Waals surface area contributed by atoms with E-state index in [2.05, 4.69) is 11.4 Å². The van der Waals surface area contributed by atoms with Crippen molar-refractivity contribution in [3.05, 3.63) is 35.4 Å². The molecule has 1 N–H and O–H groups in total. The molecule has 2 atom stereocenters. The Morgan fingerprint density at radius 2 is 2.00 bits per heavy atom. The Labute approximate surface area is 120 Å². The van der Waals surface area contributed by atoms with E-state index in [9.17, 15) is 4.79 Å². The first-order chi connectivity index (χ1) is 9.72. The van der Waals surface area contributed by atoms with Crippen LogP contribution in [-0.4, -0.2) is 32.3 Å². The minimum absolute atomic E-state index is 0.197. The van der Waals surface area contributed by atoms with Crippen molar-refractivity contribution in [2.45, 2.75) is 44.4 Å². The molecule has 0 heterocycles. The van der Waals surface area contributed by atoms with Crippen molar-refractivity contribution < 1.29 is 14.3 Å². The lowest BCUT2D eigenvalue weighted by molar-refractivity contribution is -0.139. The molecule has 110 valence electrons. The van der Waals surface area contributed by atoms with Gasteiger partial charge >= 0.3 is 5.97 Å². The van der Waals surface area contributed by atoms with Crippen LogP contribution in [0.1, 0.15) is 30.4 Å². The van der Waals surface area contributed by atoms with Crippen LogP contribution in [0.4, 0.5) is 0 Å². The molecule has 1 aromatic rings. The van der Waals surface area contributed by atoms with Gasteiger partial charge < -0.3 is 14.8 Å². The van der Waals surface area contributed by atoms with Gasteiger partial charge in [0.2, 0.25) is 0 Å². The fourth-order valence-electron chi connectivity index (χ4n) is 2.72. The Morgan fingerprint density at radius 3 is 2.65 bits per heavy atom. The Hall–Kier alpha value is -1.39. The second kappa shape index (κ2) is 7.41. The highest BCUT2D eigenvalue weighted by Gasteiger charge is 2.23. The molecule has 1 aromatic carbocycles.